The van der Waals surface area contributed by atoms with Gasteiger partial charge in [0.15, 0.2) is 0 Å². The van der Waals surface area contributed by atoms with Gasteiger partial charge in [-0.25, -0.2) is 4.79 Å². The summed E-state index contributed by atoms with van der Waals surface area (Å²) in [6.45, 7) is 2.66. The Morgan fingerprint density at radius 1 is 1.46 bits per heavy atom. The van der Waals surface area contributed by atoms with Crippen molar-refractivity contribution in [2.45, 2.75) is 12.8 Å². The van der Waals surface area contributed by atoms with Crippen molar-refractivity contribution in [3.8, 4) is 0 Å². The van der Waals surface area contributed by atoms with Crippen LogP contribution >= 0.6 is 0 Å². The largest absolute Gasteiger partial charge is 0.449 e. The predicted molar refractivity (Wildman–Crippen MR) is 50.6 cm³/mol. The van der Waals surface area contributed by atoms with Crippen LogP contribution in [0.15, 0.2) is 0 Å². The summed E-state index contributed by atoms with van der Waals surface area (Å²) in [5.74, 6) is 0.546. The molecule has 1 amide bonds. The Balaban J connectivity index is 2.13. The molecule has 0 radical (unpaired) electrons. The van der Waals surface area contributed by atoms with Crippen LogP contribution in [0.2, 0.25) is 0 Å². The van der Waals surface area contributed by atoms with Crippen molar-refractivity contribution in [1.29, 1.82) is 0 Å². The molecule has 1 N–H and O–H groups in total. The van der Waals surface area contributed by atoms with E-state index in [0.29, 0.717) is 12.5 Å². The number of amides is 1. The topological polar surface area (TPSA) is 41.6 Å². The molecule has 0 atom stereocenters. The fraction of sp³-hybridized carbons (Fsp3) is 0.889. The number of hydrogen-bond donors (Lipinski definition) is 1. The van der Waals surface area contributed by atoms with Gasteiger partial charge in [-0.3, -0.25) is 0 Å². The number of piperidine rings is 1. The lowest BCUT2D eigenvalue weighted by atomic mass is 9.99. The fourth-order valence-electron chi connectivity index (χ4n) is 1.37. The third kappa shape index (κ3) is 3.63. The van der Waals surface area contributed by atoms with Gasteiger partial charge >= 0.3 is 6.09 Å². The van der Waals surface area contributed by atoms with Crippen LogP contribution < -0.4 is 5.32 Å². The highest BCUT2D eigenvalue weighted by molar-refractivity contribution is 5.66. The second-order valence-electron chi connectivity index (χ2n) is 3.66. The van der Waals surface area contributed by atoms with Crippen molar-refractivity contribution in [3.05, 3.63) is 0 Å². The van der Waals surface area contributed by atoms with Crippen LogP contribution in [0.3, 0.4) is 0 Å². The van der Waals surface area contributed by atoms with Gasteiger partial charge in [0.1, 0.15) is 0 Å². The smallest absolute Gasteiger partial charge is 0.409 e. The van der Waals surface area contributed by atoms with Crippen molar-refractivity contribution < 1.29 is 9.53 Å². The zero-order valence-electron chi connectivity index (χ0n) is 8.38. The average molecular weight is 186 g/mol. The lowest BCUT2D eigenvalue weighted by Crippen LogP contribution is -2.32. The first-order valence-electron chi connectivity index (χ1n) is 4.75. The molecule has 0 aromatic carbocycles. The lowest BCUT2D eigenvalue weighted by Gasteiger charge is -2.22. The number of rotatable bonds is 2. The maximum absolute atomic E-state index is 11.1. The quantitative estimate of drug-likeness (QED) is 0.689. The van der Waals surface area contributed by atoms with Gasteiger partial charge in [0, 0.05) is 14.1 Å². The number of ether oxygens (including phenoxy) is 1. The zero-order chi connectivity index (χ0) is 9.68. The van der Waals surface area contributed by atoms with Crippen LogP contribution in [0.25, 0.3) is 0 Å². The van der Waals surface area contributed by atoms with Gasteiger partial charge in [-0.1, -0.05) is 0 Å². The number of carbonyl (C=O) groups excluding carboxylic acids is 1. The fourth-order valence-corrected chi connectivity index (χ4v) is 1.37. The highest BCUT2D eigenvalue weighted by Crippen LogP contribution is 2.11. The molecule has 4 nitrogen and oxygen atoms in total. The normalized spacial score (nSPS) is 18.3. The van der Waals surface area contributed by atoms with E-state index in [4.69, 9.17) is 4.74 Å². The van der Waals surface area contributed by atoms with E-state index in [1.54, 1.807) is 14.1 Å². The van der Waals surface area contributed by atoms with Gasteiger partial charge in [0.2, 0.25) is 0 Å². The van der Waals surface area contributed by atoms with E-state index >= 15 is 0 Å². The minimum atomic E-state index is -0.237. The van der Waals surface area contributed by atoms with Crippen molar-refractivity contribution >= 4 is 6.09 Å². The zero-order valence-corrected chi connectivity index (χ0v) is 8.38. The molecule has 1 saturated heterocycles. The van der Waals surface area contributed by atoms with Crippen LogP contribution in [-0.4, -0.2) is 44.8 Å². The minimum Gasteiger partial charge on any atom is -0.449 e. The summed E-state index contributed by atoms with van der Waals surface area (Å²) < 4.78 is 5.10. The summed E-state index contributed by atoms with van der Waals surface area (Å²) in [7, 11) is 3.40. The lowest BCUT2D eigenvalue weighted by molar-refractivity contribution is 0.0946. The summed E-state index contributed by atoms with van der Waals surface area (Å²) in [6.07, 6.45) is 1.99. The maximum Gasteiger partial charge on any atom is 0.409 e. The Morgan fingerprint density at radius 2 is 2.08 bits per heavy atom. The van der Waals surface area contributed by atoms with Gasteiger partial charge in [0.25, 0.3) is 0 Å². The SMILES string of the molecule is CN(C)C(=O)OCC1CCNCC1. The van der Waals surface area contributed by atoms with Crippen molar-refractivity contribution in [2.75, 3.05) is 33.8 Å². The third-order valence-electron chi connectivity index (χ3n) is 2.27. The first-order valence-corrected chi connectivity index (χ1v) is 4.75. The molecule has 76 valence electrons. The van der Waals surface area contributed by atoms with Gasteiger partial charge in [0.05, 0.1) is 6.61 Å². The second-order valence-corrected chi connectivity index (χ2v) is 3.66. The number of hydrogen-bond acceptors (Lipinski definition) is 3. The van der Waals surface area contributed by atoms with Gasteiger partial charge in [-0.15, -0.1) is 0 Å². The van der Waals surface area contributed by atoms with Crippen LogP contribution in [0, 0.1) is 5.92 Å². The highest BCUT2D eigenvalue weighted by atomic mass is 16.6. The Labute approximate surface area is 79.2 Å². The van der Waals surface area contributed by atoms with Crippen LogP contribution in [0.5, 0.6) is 0 Å². The van der Waals surface area contributed by atoms with E-state index in [1.165, 1.54) is 4.90 Å². The van der Waals surface area contributed by atoms with Gasteiger partial charge < -0.3 is 15.0 Å². The molecule has 0 bridgehead atoms. The first-order chi connectivity index (χ1) is 6.20. The standard InChI is InChI=1S/C9H18N2O2/c1-11(2)9(12)13-7-8-3-5-10-6-4-8/h8,10H,3-7H2,1-2H3. The Kier molecular flexibility index (Phi) is 4.02. The van der Waals surface area contributed by atoms with E-state index < -0.39 is 0 Å². The Morgan fingerprint density at radius 3 is 2.62 bits per heavy atom. The summed E-state index contributed by atoms with van der Waals surface area (Å²) >= 11 is 0. The molecule has 0 spiro atoms. The molecule has 0 aromatic heterocycles. The molecule has 1 fully saturated rings. The highest BCUT2D eigenvalue weighted by Gasteiger charge is 2.15. The predicted octanol–water partition coefficient (Wildman–Crippen LogP) is 0.684. The average Bonchev–Trinajstić information content (AvgIpc) is 2.15. The summed E-state index contributed by atoms with van der Waals surface area (Å²) in [4.78, 5) is 12.5. The van der Waals surface area contributed by atoms with Crippen molar-refractivity contribution in [3.63, 3.8) is 0 Å². The second kappa shape index (κ2) is 5.07. The Hall–Kier alpha value is -0.770. The molecular formula is C9H18N2O2. The van der Waals surface area contributed by atoms with Crippen LogP contribution in [-0.2, 0) is 4.74 Å². The molecular weight excluding hydrogens is 168 g/mol. The van der Waals surface area contributed by atoms with E-state index in [0.717, 1.165) is 25.9 Å². The summed E-state index contributed by atoms with van der Waals surface area (Å²) in [6, 6.07) is 0. The first kappa shape index (κ1) is 10.3. The van der Waals surface area contributed by atoms with Crippen molar-refractivity contribution in [2.24, 2.45) is 5.92 Å². The molecule has 0 saturated carbocycles. The summed E-state index contributed by atoms with van der Waals surface area (Å²) in [5, 5.41) is 3.27. The molecule has 0 aliphatic carbocycles. The Bertz CT molecular complexity index is 165. The maximum atomic E-state index is 11.1. The monoisotopic (exact) mass is 186 g/mol. The van der Waals surface area contributed by atoms with E-state index in [2.05, 4.69) is 5.32 Å². The minimum absolute atomic E-state index is 0.237. The summed E-state index contributed by atoms with van der Waals surface area (Å²) in [5.41, 5.74) is 0. The molecule has 0 aromatic rings. The molecule has 1 heterocycles. The van der Waals surface area contributed by atoms with Crippen LogP contribution in [0.4, 0.5) is 4.79 Å². The number of carbonyl (C=O) groups is 1. The molecule has 13 heavy (non-hydrogen) atoms. The third-order valence-corrected chi connectivity index (χ3v) is 2.27. The van der Waals surface area contributed by atoms with Gasteiger partial charge in [-0.05, 0) is 31.8 Å². The van der Waals surface area contributed by atoms with E-state index in [-0.39, 0.29) is 6.09 Å². The number of nitrogens with zero attached hydrogens (tertiary/aromatic N) is 1. The molecule has 0 unspecified atom stereocenters. The van der Waals surface area contributed by atoms with Crippen LogP contribution in [0.1, 0.15) is 12.8 Å². The van der Waals surface area contributed by atoms with E-state index in [9.17, 15) is 4.79 Å². The number of nitrogens with one attached hydrogen (secondary N) is 1. The van der Waals surface area contributed by atoms with Crippen molar-refractivity contribution in [1.82, 2.24) is 10.2 Å². The molecule has 1 rings (SSSR count). The molecule has 1 aliphatic heterocycles. The van der Waals surface area contributed by atoms with E-state index in [1.807, 2.05) is 0 Å². The molecule has 4 heteroatoms. The molecule has 1 aliphatic rings. The van der Waals surface area contributed by atoms with Gasteiger partial charge in [-0.2, -0.15) is 0 Å².